The summed E-state index contributed by atoms with van der Waals surface area (Å²) in [5, 5.41) is 15.3. The van der Waals surface area contributed by atoms with Crippen LogP contribution in [0.4, 0.5) is 0 Å². The summed E-state index contributed by atoms with van der Waals surface area (Å²) in [4.78, 5) is 0. The summed E-state index contributed by atoms with van der Waals surface area (Å²) in [6, 6.07) is 0. The van der Waals surface area contributed by atoms with Gasteiger partial charge in [0.25, 0.3) is 0 Å². The van der Waals surface area contributed by atoms with Crippen molar-refractivity contribution in [3.05, 3.63) is 15.9 Å². The Balaban J connectivity index is 2.24. The van der Waals surface area contributed by atoms with E-state index in [4.69, 9.17) is 4.74 Å². The number of nitrogens with zero attached hydrogens (tertiary/aromatic N) is 2. The predicted molar refractivity (Wildman–Crippen MR) is 78.2 cm³/mol. The molecular weight excluding hydrogens is 308 g/mol. The van der Waals surface area contributed by atoms with E-state index in [1.807, 2.05) is 11.6 Å². The highest BCUT2D eigenvalue weighted by molar-refractivity contribution is 9.10. The Morgan fingerprint density at radius 3 is 2.79 bits per heavy atom. The first-order chi connectivity index (χ1) is 8.99. The van der Waals surface area contributed by atoms with Gasteiger partial charge in [0.1, 0.15) is 0 Å². The molecule has 0 spiro atoms. The van der Waals surface area contributed by atoms with E-state index in [0.717, 1.165) is 41.9 Å². The predicted octanol–water partition coefficient (Wildman–Crippen LogP) is 2.56. The van der Waals surface area contributed by atoms with Crippen molar-refractivity contribution in [3.63, 3.8) is 0 Å². The molecule has 0 aromatic carbocycles. The largest absolute Gasteiger partial charge is 0.389 e. The summed E-state index contributed by atoms with van der Waals surface area (Å²) >= 11 is 3.64. The van der Waals surface area contributed by atoms with Gasteiger partial charge in [-0.2, -0.15) is 5.10 Å². The van der Waals surface area contributed by atoms with Crippen molar-refractivity contribution >= 4 is 15.9 Å². The maximum atomic E-state index is 10.8. The second kappa shape index (κ2) is 5.94. The lowest BCUT2D eigenvalue weighted by Gasteiger charge is -2.29. The van der Waals surface area contributed by atoms with Gasteiger partial charge < -0.3 is 9.84 Å². The van der Waals surface area contributed by atoms with Crippen LogP contribution in [0.15, 0.2) is 4.47 Å². The third-order valence-electron chi connectivity index (χ3n) is 4.03. The van der Waals surface area contributed by atoms with Crippen molar-refractivity contribution < 1.29 is 9.84 Å². The second-order valence-corrected chi connectivity index (χ2v) is 6.26. The molecule has 1 aromatic heterocycles. The SMILES string of the molecule is CCc1nn(CC)c(CC(C)(O)C2CCOC2)c1Br. The third kappa shape index (κ3) is 3.03. The first kappa shape index (κ1) is 15.0. The first-order valence-corrected chi connectivity index (χ1v) is 7.83. The third-order valence-corrected chi connectivity index (χ3v) is 4.94. The molecule has 1 aliphatic heterocycles. The molecule has 2 atom stereocenters. The molecule has 0 radical (unpaired) electrons. The monoisotopic (exact) mass is 330 g/mol. The molecule has 0 amide bonds. The maximum Gasteiger partial charge on any atom is 0.0766 e. The van der Waals surface area contributed by atoms with Gasteiger partial charge in [-0.15, -0.1) is 0 Å². The summed E-state index contributed by atoms with van der Waals surface area (Å²) in [7, 11) is 0. The van der Waals surface area contributed by atoms with E-state index in [-0.39, 0.29) is 5.92 Å². The molecule has 2 heterocycles. The lowest BCUT2D eigenvalue weighted by molar-refractivity contribution is -0.00624. The minimum atomic E-state index is -0.739. The van der Waals surface area contributed by atoms with Gasteiger partial charge in [0.05, 0.1) is 28.1 Å². The van der Waals surface area contributed by atoms with Gasteiger partial charge in [-0.05, 0) is 42.6 Å². The summed E-state index contributed by atoms with van der Waals surface area (Å²) in [6.07, 6.45) is 2.45. The molecule has 0 bridgehead atoms. The van der Waals surface area contributed by atoms with Crippen molar-refractivity contribution in [2.45, 2.75) is 52.2 Å². The molecule has 1 aliphatic rings. The van der Waals surface area contributed by atoms with Crippen LogP contribution in [-0.4, -0.2) is 33.7 Å². The van der Waals surface area contributed by atoms with Gasteiger partial charge in [0.2, 0.25) is 0 Å². The number of hydrogen-bond donors (Lipinski definition) is 1. The number of ether oxygens (including phenoxy) is 1. The molecule has 1 N–H and O–H groups in total. The summed E-state index contributed by atoms with van der Waals surface area (Å²) in [5.74, 6) is 0.213. The number of hydrogen-bond acceptors (Lipinski definition) is 3. The molecule has 1 aromatic rings. The maximum absolute atomic E-state index is 10.8. The Labute approximate surface area is 123 Å². The van der Waals surface area contributed by atoms with E-state index in [2.05, 4.69) is 34.9 Å². The molecule has 1 saturated heterocycles. The Morgan fingerprint density at radius 2 is 2.26 bits per heavy atom. The van der Waals surface area contributed by atoms with Crippen LogP contribution in [0, 0.1) is 5.92 Å². The van der Waals surface area contributed by atoms with E-state index >= 15 is 0 Å². The van der Waals surface area contributed by atoms with Crippen LogP contribution < -0.4 is 0 Å². The molecule has 2 unspecified atom stereocenters. The van der Waals surface area contributed by atoms with Crippen LogP contribution >= 0.6 is 15.9 Å². The number of aryl methyl sites for hydroxylation is 2. The van der Waals surface area contributed by atoms with Gasteiger partial charge in [-0.3, -0.25) is 4.68 Å². The number of aromatic nitrogens is 2. The minimum absolute atomic E-state index is 0.213. The Bertz CT molecular complexity index is 437. The fraction of sp³-hybridized carbons (Fsp3) is 0.786. The summed E-state index contributed by atoms with van der Waals surface area (Å²) < 4.78 is 8.45. The zero-order valence-electron chi connectivity index (χ0n) is 11.9. The van der Waals surface area contributed by atoms with Crippen molar-refractivity contribution in [1.82, 2.24) is 9.78 Å². The van der Waals surface area contributed by atoms with E-state index in [1.165, 1.54) is 0 Å². The van der Waals surface area contributed by atoms with Gasteiger partial charge in [-0.25, -0.2) is 0 Å². The molecule has 0 aliphatic carbocycles. The Morgan fingerprint density at radius 1 is 1.53 bits per heavy atom. The van der Waals surface area contributed by atoms with Crippen LogP contribution in [0.25, 0.3) is 0 Å². The van der Waals surface area contributed by atoms with Crippen LogP contribution in [0.5, 0.6) is 0 Å². The number of halogens is 1. The second-order valence-electron chi connectivity index (χ2n) is 5.47. The highest BCUT2D eigenvalue weighted by Gasteiger charge is 2.36. The normalized spacial score (nSPS) is 22.7. The summed E-state index contributed by atoms with van der Waals surface area (Å²) in [5.41, 5.74) is 1.42. The highest BCUT2D eigenvalue weighted by Crippen LogP contribution is 2.32. The highest BCUT2D eigenvalue weighted by atomic mass is 79.9. The molecule has 2 rings (SSSR count). The summed E-state index contributed by atoms with van der Waals surface area (Å²) in [6.45, 7) is 8.33. The van der Waals surface area contributed by atoms with Crippen LogP contribution in [0.1, 0.15) is 38.6 Å². The molecule has 4 nitrogen and oxygen atoms in total. The van der Waals surface area contributed by atoms with E-state index in [9.17, 15) is 5.11 Å². The zero-order chi connectivity index (χ0) is 14.0. The molecule has 19 heavy (non-hydrogen) atoms. The standard InChI is InChI=1S/C14H23BrN2O2/c1-4-11-13(15)12(17(5-2)16-11)8-14(3,18)10-6-7-19-9-10/h10,18H,4-9H2,1-3H3. The van der Waals surface area contributed by atoms with Gasteiger partial charge in [0, 0.05) is 25.5 Å². The smallest absolute Gasteiger partial charge is 0.0766 e. The van der Waals surface area contributed by atoms with Gasteiger partial charge in [-0.1, -0.05) is 6.92 Å². The fourth-order valence-electron chi connectivity index (χ4n) is 2.69. The van der Waals surface area contributed by atoms with Crippen molar-refractivity contribution in [1.29, 1.82) is 0 Å². The van der Waals surface area contributed by atoms with Crippen molar-refractivity contribution in [2.24, 2.45) is 5.92 Å². The van der Waals surface area contributed by atoms with Crippen LogP contribution in [0.2, 0.25) is 0 Å². The lowest BCUT2D eigenvalue weighted by atomic mass is 9.84. The van der Waals surface area contributed by atoms with Gasteiger partial charge in [0.15, 0.2) is 0 Å². The van der Waals surface area contributed by atoms with E-state index in [1.54, 1.807) is 0 Å². The van der Waals surface area contributed by atoms with Crippen LogP contribution in [0.3, 0.4) is 0 Å². The molecule has 108 valence electrons. The average molecular weight is 331 g/mol. The van der Waals surface area contributed by atoms with Crippen molar-refractivity contribution in [2.75, 3.05) is 13.2 Å². The van der Waals surface area contributed by atoms with E-state index in [0.29, 0.717) is 13.0 Å². The molecule has 5 heteroatoms. The van der Waals surface area contributed by atoms with Crippen molar-refractivity contribution in [3.8, 4) is 0 Å². The molecule has 0 saturated carbocycles. The Hall–Kier alpha value is -0.390. The topological polar surface area (TPSA) is 47.3 Å². The van der Waals surface area contributed by atoms with Crippen LogP contribution in [-0.2, 0) is 24.1 Å². The fourth-order valence-corrected chi connectivity index (χ4v) is 3.40. The Kier molecular flexibility index (Phi) is 4.69. The minimum Gasteiger partial charge on any atom is -0.389 e. The number of aliphatic hydroxyl groups is 1. The average Bonchev–Trinajstić information content (AvgIpc) is 2.99. The number of rotatable bonds is 5. The first-order valence-electron chi connectivity index (χ1n) is 7.03. The van der Waals surface area contributed by atoms with Gasteiger partial charge >= 0.3 is 0 Å². The van der Waals surface area contributed by atoms with E-state index < -0.39 is 5.60 Å². The quantitative estimate of drug-likeness (QED) is 0.902. The molecule has 1 fully saturated rings. The zero-order valence-corrected chi connectivity index (χ0v) is 13.5. The molecular formula is C14H23BrN2O2. The lowest BCUT2D eigenvalue weighted by Crippen LogP contribution is -2.38.